The number of benzene rings is 1. The number of anilines is 1. The van der Waals surface area contributed by atoms with Crippen molar-refractivity contribution < 1.29 is 20.9 Å². The maximum Gasteiger partial charge on any atom is 0.407 e. The molecule has 1 amide bonds. The van der Waals surface area contributed by atoms with Gasteiger partial charge in [0.2, 0.25) is 0 Å². The van der Waals surface area contributed by atoms with Crippen LogP contribution in [0.5, 0.6) is 0 Å². The second-order valence-electron chi connectivity index (χ2n) is 3.51. The fourth-order valence-electron chi connectivity index (χ4n) is 1.65. The summed E-state index contributed by atoms with van der Waals surface area (Å²) < 4.78 is 65.5. The lowest BCUT2D eigenvalue weighted by Gasteiger charge is -2.35. The lowest BCUT2D eigenvalue weighted by molar-refractivity contribution is 0.142. The highest BCUT2D eigenvalue weighted by Gasteiger charge is 2.21. The topological polar surface area (TPSA) is 43.8 Å². The number of thiophene rings is 1. The van der Waals surface area contributed by atoms with Crippen LogP contribution < -0.4 is 4.90 Å². The highest BCUT2D eigenvalue weighted by atomic mass is 32.1. The monoisotopic (exact) mass is 270 g/mol. The largest absolute Gasteiger partial charge is 0.465 e. The molecular weight excluding hydrogens is 248 g/mol. The summed E-state index contributed by atoms with van der Waals surface area (Å²) in [6.07, 6.45) is -2.10. The van der Waals surface area contributed by atoms with Gasteiger partial charge >= 0.3 is 6.09 Å². The number of amides is 1. The lowest BCUT2D eigenvalue weighted by Crippen LogP contribution is -2.48. The molecule has 18 heavy (non-hydrogen) atoms. The second-order valence-corrected chi connectivity index (χ2v) is 4.46. The Kier molecular flexibility index (Phi) is 1.37. The Morgan fingerprint density at radius 2 is 2.06 bits per heavy atom. The Morgan fingerprint density at radius 3 is 2.78 bits per heavy atom. The normalized spacial score (nSPS) is 34.0. The molecule has 2 heterocycles. The van der Waals surface area contributed by atoms with Crippen molar-refractivity contribution in [2.75, 3.05) is 30.9 Å². The van der Waals surface area contributed by atoms with Gasteiger partial charge in [-0.3, -0.25) is 0 Å². The number of fused-ring (bicyclic) bond motifs is 1. The van der Waals surface area contributed by atoms with Crippen LogP contribution in [0.25, 0.3) is 10.1 Å². The first kappa shape index (κ1) is 5.48. The number of carbonyl (C=O) groups is 1. The molecule has 0 saturated carbocycles. The molecule has 1 aliphatic heterocycles. The molecule has 0 atom stereocenters. The molecule has 1 fully saturated rings. The van der Waals surface area contributed by atoms with Crippen LogP contribution >= 0.6 is 11.3 Å². The van der Waals surface area contributed by atoms with E-state index in [1.807, 2.05) is 0 Å². The van der Waals surface area contributed by atoms with Crippen LogP contribution in [0.15, 0.2) is 29.6 Å². The van der Waals surface area contributed by atoms with Crippen LogP contribution in [0.2, 0.25) is 0 Å². The summed E-state index contributed by atoms with van der Waals surface area (Å²) in [5.41, 5.74) is -0.0588. The van der Waals surface area contributed by atoms with Crippen molar-refractivity contribution in [3.63, 3.8) is 0 Å². The fourth-order valence-corrected chi connectivity index (χ4v) is 2.45. The summed E-state index contributed by atoms with van der Waals surface area (Å²) in [4.78, 5) is 11.4. The van der Waals surface area contributed by atoms with Crippen molar-refractivity contribution in [1.29, 1.82) is 0 Å². The van der Waals surface area contributed by atoms with E-state index in [9.17, 15) is 9.90 Å². The standard InChI is InChI=1S/C13H14N2O2S/c16-13(17)15-7-5-14(6-8-15)11-2-1-3-12-10(11)4-9-18-12/h1-4,9H,5-8H2,(H,16,17)/i5D2,6D2,7D2,8D2. The zero-order chi connectivity index (χ0) is 19.7. The van der Waals surface area contributed by atoms with Crippen molar-refractivity contribution in [3.8, 4) is 0 Å². The minimum Gasteiger partial charge on any atom is -0.465 e. The minimum atomic E-state index is -3.37. The maximum absolute atomic E-state index is 11.5. The van der Waals surface area contributed by atoms with E-state index in [4.69, 9.17) is 11.0 Å². The molecule has 2 aromatic rings. The lowest BCUT2D eigenvalue weighted by atomic mass is 10.2. The van der Waals surface area contributed by atoms with E-state index >= 15 is 0 Å². The molecular formula is C13H14N2O2S. The predicted octanol–water partition coefficient (Wildman–Crippen LogP) is 2.70. The number of nitrogens with zero attached hydrogens (tertiary/aromatic N) is 2. The van der Waals surface area contributed by atoms with Crippen molar-refractivity contribution >= 4 is 33.2 Å². The van der Waals surface area contributed by atoms with Crippen LogP contribution in [0.3, 0.4) is 0 Å². The van der Waals surface area contributed by atoms with E-state index in [0.717, 1.165) is 0 Å². The number of piperazine rings is 1. The van der Waals surface area contributed by atoms with Gasteiger partial charge in [-0.2, -0.15) is 0 Å². The van der Waals surface area contributed by atoms with E-state index in [2.05, 4.69) is 0 Å². The molecule has 3 rings (SSSR count). The summed E-state index contributed by atoms with van der Waals surface area (Å²) in [7, 11) is 0. The van der Waals surface area contributed by atoms with E-state index in [0.29, 0.717) is 15.0 Å². The number of carboxylic acid groups (broad SMARTS) is 1. The molecule has 4 nitrogen and oxygen atoms in total. The summed E-state index contributed by atoms with van der Waals surface area (Å²) in [6.45, 7) is -13.1. The number of rotatable bonds is 1. The molecule has 0 bridgehead atoms. The van der Waals surface area contributed by atoms with Gasteiger partial charge in [-0.05, 0) is 23.6 Å². The average molecular weight is 270 g/mol. The van der Waals surface area contributed by atoms with Gasteiger partial charge in [0.25, 0.3) is 0 Å². The molecule has 5 heteroatoms. The van der Waals surface area contributed by atoms with Gasteiger partial charge in [0.05, 0.1) is 11.0 Å². The molecule has 1 aliphatic rings. The molecule has 0 radical (unpaired) electrons. The molecule has 94 valence electrons. The van der Waals surface area contributed by atoms with E-state index in [1.165, 1.54) is 23.5 Å². The van der Waals surface area contributed by atoms with Gasteiger partial charge in [-0.1, -0.05) is 6.07 Å². The van der Waals surface area contributed by atoms with E-state index < -0.39 is 37.0 Å². The first-order valence-electron chi connectivity index (χ1n) is 9.08. The van der Waals surface area contributed by atoms with Gasteiger partial charge in [0, 0.05) is 41.8 Å². The van der Waals surface area contributed by atoms with Crippen LogP contribution in [0.4, 0.5) is 10.5 Å². The zero-order valence-corrected chi connectivity index (χ0v) is 9.86. The quantitative estimate of drug-likeness (QED) is 0.866. The second kappa shape index (κ2) is 4.49. The zero-order valence-electron chi connectivity index (χ0n) is 17.0. The van der Waals surface area contributed by atoms with Gasteiger partial charge in [-0.25, -0.2) is 4.79 Å². The van der Waals surface area contributed by atoms with E-state index in [-0.39, 0.29) is 5.69 Å². The third-order valence-corrected chi connectivity index (χ3v) is 3.33. The Labute approximate surface area is 120 Å². The Bertz CT molecular complexity index is 856. The third-order valence-electron chi connectivity index (χ3n) is 2.45. The Hall–Kier alpha value is -1.75. The molecule has 0 unspecified atom stereocenters. The number of hydrogen-bond donors (Lipinski definition) is 1. The van der Waals surface area contributed by atoms with E-state index in [1.54, 1.807) is 17.5 Å². The smallest absolute Gasteiger partial charge is 0.407 e. The van der Waals surface area contributed by atoms with Gasteiger partial charge < -0.3 is 14.9 Å². The van der Waals surface area contributed by atoms with Crippen molar-refractivity contribution in [3.05, 3.63) is 29.6 Å². The SMILES string of the molecule is [2H]C1([2H])N(C(=O)O)C([2H])([2H])C([2H])([2H])N(c2cccc3sccc23)C1([2H])[2H]. The van der Waals surface area contributed by atoms with Crippen LogP contribution in [0, 0.1) is 0 Å². The summed E-state index contributed by atoms with van der Waals surface area (Å²) in [6, 6.07) is 6.18. The first-order valence-corrected chi connectivity index (χ1v) is 5.95. The average Bonchev–Trinajstić information content (AvgIpc) is 2.93. The van der Waals surface area contributed by atoms with Gasteiger partial charge in [-0.15, -0.1) is 11.3 Å². The molecule has 1 aromatic heterocycles. The third kappa shape index (κ3) is 1.90. The van der Waals surface area contributed by atoms with Crippen molar-refractivity contribution in [1.82, 2.24) is 4.90 Å². The molecule has 1 N–H and O–H groups in total. The fraction of sp³-hybridized carbons (Fsp3) is 0.308. The minimum absolute atomic E-state index is 0.0588. The summed E-state index contributed by atoms with van der Waals surface area (Å²) >= 11 is 1.31. The Morgan fingerprint density at radius 1 is 1.28 bits per heavy atom. The molecule has 1 aromatic carbocycles. The molecule has 1 saturated heterocycles. The highest BCUT2D eigenvalue weighted by molar-refractivity contribution is 7.17. The summed E-state index contributed by atoms with van der Waals surface area (Å²) in [5, 5.41) is 11.4. The summed E-state index contributed by atoms with van der Waals surface area (Å²) in [5.74, 6) is 0. The Balaban J connectivity index is 2.35. The maximum atomic E-state index is 11.5. The van der Waals surface area contributed by atoms with Crippen molar-refractivity contribution in [2.24, 2.45) is 0 Å². The van der Waals surface area contributed by atoms with Gasteiger partial charge in [0.1, 0.15) is 0 Å². The van der Waals surface area contributed by atoms with Crippen molar-refractivity contribution in [2.45, 2.75) is 0 Å². The first-order chi connectivity index (χ1) is 11.8. The van der Waals surface area contributed by atoms with Gasteiger partial charge in [0.15, 0.2) is 0 Å². The predicted molar refractivity (Wildman–Crippen MR) is 73.6 cm³/mol. The highest BCUT2D eigenvalue weighted by Crippen LogP contribution is 2.30. The number of hydrogen-bond acceptors (Lipinski definition) is 3. The van der Waals surface area contributed by atoms with Crippen LogP contribution in [-0.2, 0) is 0 Å². The van der Waals surface area contributed by atoms with Crippen LogP contribution in [0.1, 0.15) is 11.0 Å². The van der Waals surface area contributed by atoms with Crippen LogP contribution in [-0.4, -0.2) is 42.1 Å². The molecule has 0 aliphatic carbocycles. The molecule has 0 spiro atoms.